The number of benzene rings is 2. The van der Waals surface area contributed by atoms with E-state index >= 15 is 0 Å². The molecule has 4 N–H and O–H groups in total. The average molecular weight is 485 g/mol. The molecule has 0 saturated carbocycles. The lowest BCUT2D eigenvalue weighted by Crippen LogP contribution is -2.14. The normalized spacial score (nSPS) is 13.6. The number of aliphatic imine (C=N–C) groups is 1. The maximum Gasteiger partial charge on any atom is 0.147 e. The van der Waals surface area contributed by atoms with Crippen LogP contribution in [-0.2, 0) is 12.8 Å². The second-order valence-corrected chi connectivity index (χ2v) is 9.98. The van der Waals surface area contributed by atoms with E-state index in [1.165, 1.54) is 27.6 Å². The molecule has 0 radical (unpaired) electrons. The Kier molecular flexibility index (Phi) is 6.31. The van der Waals surface area contributed by atoms with Crippen molar-refractivity contribution < 1.29 is 4.39 Å². The highest BCUT2D eigenvalue weighted by Crippen LogP contribution is 2.37. The lowest BCUT2D eigenvalue weighted by atomic mass is 9.91. The van der Waals surface area contributed by atoms with E-state index in [-0.39, 0.29) is 5.82 Å². The number of nitrogens with zero attached hydrogens (tertiary/aromatic N) is 1. The number of thiophene rings is 1. The third-order valence-corrected chi connectivity index (χ3v) is 7.89. The van der Waals surface area contributed by atoms with Crippen LogP contribution in [-0.4, -0.2) is 17.4 Å². The van der Waals surface area contributed by atoms with Crippen LogP contribution in [0.3, 0.4) is 0 Å². The third kappa shape index (κ3) is 4.42. The molecule has 178 valence electrons. The van der Waals surface area contributed by atoms with E-state index in [9.17, 15) is 4.39 Å². The minimum Gasteiger partial charge on any atom is -0.383 e. The van der Waals surface area contributed by atoms with Crippen molar-refractivity contribution in [3.63, 3.8) is 0 Å². The number of amidine groups is 1. The summed E-state index contributed by atoms with van der Waals surface area (Å²) < 4.78 is 14.3. The standard InChI is InChI=1S/C29H29FN4S/c1-4-32-24-16-25(21-11-10-19-7-5-6-8-20(19)15-21)35-28(24)29(31)33-14-13-22-18(3)34-27-23(30)12-9-17(2)26(22)27/h4-9,12,15-16,32,34H,1,10-11,13-14H2,2-3H3,(H2,31,33). The Labute approximate surface area is 209 Å². The second kappa shape index (κ2) is 9.55. The lowest BCUT2D eigenvalue weighted by molar-refractivity contribution is 0.637. The van der Waals surface area contributed by atoms with Crippen LogP contribution in [0.4, 0.5) is 10.1 Å². The Bertz CT molecular complexity index is 1490. The monoisotopic (exact) mass is 484 g/mol. The molecule has 2 aromatic heterocycles. The van der Waals surface area contributed by atoms with Crippen LogP contribution in [0.2, 0.25) is 0 Å². The van der Waals surface area contributed by atoms with Gasteiger partial charge in [0.1, 0.15) is 11.7 Å². The maximum atomic E-state index is 14.3. The highest BCUT2D eigenvalue weighted by molar-refractivity contribution is 7.15. The molecule has 0 fully saturated rings. The molecular weight excluding hydrogens is 455 g/mol. The van der Waals surface area contributed by atoms with Gasteiger partial charge in [0.25, 0.3) is 0 Å². The van der Waals surface area contributed by atoms with E-state index in [4.69, 9.17) is 10.7 Å². The number of nitrogens with two attached hydrogens (primary N) is 1. The summed E-state index contributed by atoms with van der Waals surface area (Å²) in [6.07, 6.45) is 6.66. The van der Waals surface area contributed by atoms with Gasteiger partial charge < -0.3 is 16.0 Å². The van der Waals surface area contributed by atoms with Crippen molar-refractivity contribution in [2.45, 2.75) is 33.1 Å². The molecule has 1 aliphatic carbocycles. The van der Waals surface area contributed by atoms with E-state index in [0.29, 0.717) is 24.3 Å². The van der Waals surface area contributed by atoms with Crippen LogP contribution in [0.5, 0.6) is 0 Å². The Morgan fingerprint density at radius 2 is 2.06 bits per heavy atom. The summed E-state index contributed by atoms with van der Waals surface area (Å²) >= 11 is 1.66. The Morgan fingerprint density at radius 1 is 1.23 bits per heavy atom. The molecule has 0 atom stereocenters. The van der Waals surface area contributed by atoms with E-state index < -0.39 is 0 Å². The first-order valence-corrected chi connectivity index (χ1v) is 12.6. The molecule has 2 heterocycles. The number of anilines is 1. The zero-order valence-corrected chi connectivity index (χ0v) is 20.9. The van der Waals surface area contributed by atoms with Gasteiger partial charge in [0, 0.05) is 22.5 Å². The number of fused-ring (bicyclic) bond motifs is 2. The van der Waals surface area contributed by atoms with Crippen molar-refractivity contribution in [2.24, 2.45) is 10.7 Å². The predicted octanol–water partition coefficient (Wildman–Crippen LogP) is 6.98. The first-order chi connectivity index (χ1) is 17.0. The average Bonchev–Trinajstić information content (AvgIpc) is 3.43. The number of hydrogen-bond acceptors (Lipinski definition) is 3. The summed E-state index contributed by atoms with van der Waals surface area (Å²) in [5.41, 5.74) is 15.1. The molecule has 4 aromatic rings. The van der Waals surface area contributed by atoms with Crippen LogP contribution >= 0.6 is 11.3 Å². The lowest BCUT2D eigenvalue weighted by Gasteiger charge is -2.15. The Hall–Kier alpha value is -3.64. The quantitative estimate of drug-likeness (QED) is 0.196. The van der Waals surface area contributed by atoms with Gasteiger partial charge in [0.2, 0.25) is 0 Å². The number of aromatic amines is 1. The van der Waals surface area contributed by atoms with Crippen molar-refractivity contribution in [3.8, 4) is 0 Å². The summed E-state index contributed by atoms with van der Waals surface area (Å²) in [5.74, 6) is 0.275. The fraction of sp³-hybridized carbons (Fsp3) is 0.207. The topological polar surface area (TPSA) is 66.2 Å². The molecule has 0 bridgehead atoms. The van der Waals surface area contributed by atoms with Gasteiger partial charge >= 0.3 is 0 Å². The van der Waals surface area contributed by atoms with Crippen molar-refractivity contribution in [2.75, 3.05) is 11.9 Å². The molecule has 0 saturated heterocycles. The fourth-order valence-corrected chi connectivity index (χ4v) is 5.98. The van der Waals surface area contributed by atoms with Crippen LogP contribution < -0.4 is 11.1 Å². The molecule has 2 aromatic carbocycles. The third-order valence-electron chi connectivity index (χ3n) is 6.66. The number of hydrogen-bond donors (Lipinski definition) is 3. The summed E-state index contributed by atoms with van der Waals surface area (Å²) in [6.45, 7) is 8.33. The number of aryl methyl sites for hydroxylation is 3. The zero-order chi connectivity index (χ0) is 24.5. The van der Waals surface area contributed by atoms with Gasteiger partial charge in [-0.05, 0) is 79.3 Å². The molecule has 0 amide bonds. The molecule has 0 aliphatic heterocycles. The number of H-pyrrole nitrogens is 1. The molecule has 35 heavy (non-hydrogen) atoms. The van der Waals surface area contributed by atoms with E-state index in [0.717, 1.165) is 45.6 Å². The van der Waals surface area contributed by atoms with E-state index in [2.05, 4.69) is 53.3 Å². The smallest absolute Gasteiger partial charge is 0.147 e. The van der Waals surface area contributed by atoms with Crippen LogP contribution in [0.15, 0.2) is 60.2 Å². The Balaban J connectivity index is 1.41. The molecule has 5 rings (SSSR count). The van der Waals surface area contributed by atoms with E-state index in [1.807, 2.05) is 19.9 Å². The summed E-state index contributed by atoms with van der Waals surface area (Å²) in [5, 5.41) is 4.18. The van der Waals surface area contributed by atoms with Gasteiger partial charge in [-0.2, -0.15) is 0 Å². The number of rotatable bonds is 7. The van der Waals surface area contributed by atoms with Gasteiger partial charge in [-0.15, -0.1) is 11.3 Å². The first kappa shape index (κ1) is 23.1. The van der Waals surface area contributed by atoms with Gasteiger partial charge in [-0.25, -0.2) is 4.39 Å². The first-order valence-electron chi connectivity index (χ1n) is 11.8. The summed E-state index contributed by atoms with van der Waals surface area (Å²) in [6, 6.07) is 14.0. The van der Waals surface area contributed by atoms with Crippen LogP contribution in [0.1, 0.15) is 44.1 Å². The minimum atomic E-state index is -0.228. The minimum absolute atomic E-state index is 0.228. The zero-order valence-electron chi connectivity index (χ0n) is 20.0. The highest BCUT2D eigenvalue weighted by Gasteiger charge is 2.18. The predicted molar refractivity (Wildman–Crippen MR) is 148 cm³/mol. The number of allylic oxidation sites excluding steroid dienone is 1. The highest BCUT2D eigenvalue weighted by atomic mass is 32.1. The maximum absolute atomic E-state index is 14.3. The fourth-order valence-electron chi connectivity index (χ4n) is 4.90. The number of nitrogens with one attached hydrogen (secondary N) is 2. The van der Waals surface area contributed by atoms with Gasteiger partial charge in [-0.1, -0.05) is 43.0 Å². The van der Waals surface area contributed by atoms with Crippen molar-refractivity contribution in [1.82, 2.24) is 4.98 Å². The van der Waals surface area contributed by atoms with Crippen LogP contribution in [0, 0.1) is 19.7 Å². The van der Waals surface area contributed by atoms with Gasteiger partial charge in [-0.3, -0.25) is 4.99 Å². The molecule has 6 heteroatoms. The van der Waals surface area contributed by atoms with Crippen molar-refractivity contribution in [1.29, 1.82) is 0 Å². The number of halogens is 1. The largest absolute Gasteiger partial charge is 0.383 e. The van der Waals surface area contributed by atoms with Gasteiger partial charge in [0.05, 0.1) is 16.1 Å². The summed E-state index contributed by atoms with van der Waals surface area (Å²) in [4.78, 5) is 10.0. The SMILES string of the molecule is C=CNc1cc(C2=Cc3ccccc3CC2)sc1C(N)=NCCc1c(C)[nH]c2c(F)ccc(C)c12. The molecular formula is C29H29FN4S. The van der Waals surface area contributed by atoms with E-state index in [1.54, 1.807) is 17.5 Å². The van der Waals surface area contributed by atoms with Crippen molar-refractivity contribution >= 4 is 45.4 Å². The molecule has 0 unspecified atom stereocenters. The Morgan fingerprint density at radius 3 is 2.89 bits per heavy atom. The summed E-state index contributed by atoms with van der Waals surface area (Å²) in [7, 11) is 0. The van der Waals surface area contributed by atoms with Crippen LogP contribution in [0.25, 0.3) is 22.6 Å². The second-order valence-electron chi connectivity index (χ2n) is 8.93. The van der Waals surface area contributed by atoms with Gasteiger partial charge in [0.15, 0.2) is 0 Å². The molecule has 1 aliphatic rings. The van der Waals surface area contributed by atoms with Crippen molar-refractivity contribution in [3.05, 3.63) is 98.8 Å². The molecule has 0 spiro atoms. The molecule has 4 nitrogen and oxygen atoms in total. The number of aromatic nitrogens is 1.